The molecule has 14 heteroatoms. The van der Waals surface area contributed by atoms with Crippen molar-refractivity contribution in [1.82, 2.24) is 4.57 Å². The summed E-state index contributed by atoms with van der Waals surface area (Å²) >= 11 is 7.23. The summed E-state index contributed by atoms with van der Waals surface area (Å²) in [5.41, 5.74) is -0.207. The second kappa shape index (κ2) is 10.8. The molecule has 0 aliphatic carbocycles. The number of fused-ring (bicyclic) bond motifs is 1. The average Bonchev–Trinajstić information content (AvgIpc) is 3.19. The van der Waals surface area contributed by atoms with Gasteiger partial charge < -0.3 is 24.4 Å². The summed E-state index contributed by atoms with van der Waals surface area (Å²) in [6, 6.07) is 4.27. The zero-order valence-electron chi connectivity index (χ0n) is 21.1. The number of halogens is 1. The van der Waals surface area contributed by atoms with E-state index in [2.05, 4.69) is 4.99 Å². The van der Waals surface area contributed by atoms with Crippen LogP contribution in [0.15, 0.2) is 45.3 Å². The van der Waals surface area contributed by atoms with Gasteiger partial charge in [0.2, 0.25) is 5.75 Å². The van der Waals surface area contributed by atoms with Crippen molar-refractivity contribution in [3.8, 4) is 23.0 Å². The van der Waals surface area contributed by atoms with Crippen molar-refractivity contribution in [2.24, 2.45) is 4.99 Å². The molecule has 1 aromatic heterocycles. The van der Waals surface area contributed by atoms with Gasteiger partial charge in [0.25, 0.3) is 5.56 Å². The Bertz CT molecular complexity index is 1730. The van der Waals surface area contributed by atoms with Crippen LogP contribution in [0.5, 0.6) is 23.0 Å². The highest BCUT2D eigenvalue weighted by Crippen LogP contribution is 2.40. The number of hydrogen-bond donors (Lipinski definition) is 2. The Morgan fingerprint density at radius 3 is 2.49 bits per heavy atom. The summed E-state index contributed by atoms with van der Waals surface area (Å²) in [7, 11) is 2.58. The minimum Gasteiger partial charge on any atom is -0.503 e. The van der Waals surface area contributed by atoms with E-state index in [1.54, 1.807) is 13.8 Å². The minimum atomic E-state index is -1.04. The van der Waals surface area contributed by atoms with Crippen molar-refractivity contribution in [1.29, 1.82) is 0 Å². The average molecular weight is 576 g/mol. The van der Waals surface area contributed by atoms with Crippen LogP contribution in [0.25, 0.3) is 6.08 Å². The molecule has 1 aliphatic rings. The fraction of sp³-hybridized carbons (Fsp3) is 0.240. The predicted octanol–water partition coefficient (Wildman–Crippen LogP) is 2.79. The number of aromatic hydroxyl groups is 2. The van der Waals surface area contributed by atoms with Crippen LogP contribution in [0.1, 0.15) is 31.0 Å². The highest BCUT2D eigenvalue weighted by atomic mass is 35.5. The van der Waals surface area contributed by atoms with Gasteiger partial charge in [0.15, 0.2) is 22.0 Å². The molecule has 2 aromatic carbocycles. The monoisotopic (exact) mass is 575 g/mol. The Balaban J connectivity index is 2.01. The molecule has 0 spiro atoms. The number of esters is 1. The number of nitro groups is 1. The number of phenols is 2. The lowest BCUT2D eigenvalue weighted by atomic mass is 9.95. The molecule has 0 saturated heterocycles. The number of nitrogens with zero attached hydrogens (tertiary/aromatic N) is 3. The van der Waals surface area contributed by atoms with Gasteiger partial charge in [-0.25, -0.2) is 9.79 Å². The van der Waals surface area contributed by atoms with Gasteiger partial charge in [-0.1, -0.05) is 22.9 Å². The van der Waals surface area contributed by atoms with E-state index >= 15 is 0 Å². The topological polar surface area (TPSA) is 163 Å². The molecule has 39 heavy (non-hydrogen) atoms. The normalized spacial score (nSPS) is 15.0. The zero-order valence-corrected chi connectivity index (χ0v) is 22.6. The molecular formula is C25H22ClN3O9S. The molecule has 3 aromatic rings. The number of allylic oxidation sites excluding steroid dienone is 1. The fourth-order valence-electron chi connectivity index (χ4n) is 4.16. The van der Waals surface area contributed by atoms with Crippen molar-refractivity contribution < 1.29 is 34.1 Å². The first-order valence-corrected chi connectivity index (χ1v) is 12.5. The highest BCUT2D eigenvalue weighted by molar-refractivity contribution is 7.07. The first-order chi connectivity index (χ1) is 18.5. The van der Waals surface area contributed by atoms with Crippen LogP contribution in [0.4, 0.5) is 5.69 Å². The van der Waals surface area contributed by atoms with E-state index < -0.39 is 33.9 Å². The number of thiazole rings is 1. The first kappa shape index (κ1) is 27.7. The van der Waals surface area contributed by atoms with Gasteiger partial charge in [0.05, 0.1) is 52.6 Å². The number of hydrogen-bond acceptors (Lipinski definition) is 11. The van der Waals surface area contributed by atoms with Crippen molar-refractivity contribution in [3.05, 3.63) is 81.5 Å². The standard InChI is InChI=1S/C25H22ClN3O9S/c1-5-38-24(33)19-11(2)27-25-28(20(19)13-9-14(26)21(30)17(10-13)37-4)23(32)18(39-25)8-12-6-15(29(34)35)22(31)16(7-12)36-3/h6-10,20,30-31H,5H2,1-4H3/b18-8+. The second-order valence-corrected chi connectivity index (χ2v) is 9.62. The van der Waals surface area contributed by atoms with Crippen molar-refractivity contribution in [2.45, 2.75) is 19.9 Å². The summed E-state index contributed by atoms with van der Waals surface area (Å²) in [6.45, 7) is 3.32. The summed E-state index contributed by atoms with van der Waals surface area (Å²) < 4.78 is 16.9. The maximum atomic E-state index is 13.8. The number of methoxy groups -OCH3 is 2. The maximum Gasteiger partial charge on any atom is 0.338 e. The van der Waals surface area contributed by atoms with Gasteiger partial charge in [0, 0.05) is 6.07 Å². The molecule has 204 valence electrons. The van der Waals surface area contributed by atoms with Crippen molar-refractivity contribution in [2.75, 3.05) is 20.8 Å². The number of aromatic nitrogens is 1. The van der Waals surface area contributed by atoms with Gasteiger partial charge in [0.1, 0.15) is 0 Å². The molecule has 4 rings (SSSR count). The Hall–Kier alpha value is -4.36. The van der Waals surface area contributed by atoms with Crippen LogP contribution in [0.2, 0.25) is 5.02 Å². The molecule has 0 saturated carbocycles. The number of carbonyl (C=O) groups is 1. The molecular weight excluding hydrogens is 554 g/mol. The van der Waals surface area contributed by atoms with Crippen LogP contribution in [-0.2, 0) is 9.53 Å². The number of benzene rings is 2. The van der Waals surface area contributed by atoms with E-state index in [1.807, 2.05) is 0 Å². The van der Waals surface area contributed by atoms with Crippen LogP contribution < -0.4 is 24.4 Å². The van der Waals surface area contributed by atoms with Crippen LogP contribution in [-0.4, -0.2) is 46.5 Å². The Morgan fingerprint density at radius 1 is 1.21 bits per heavy atom. The third-order valence-corrected chi connectivity index (χ3v) is 7.17. The van der Waals surface area contributed by atoms with Crippen LogP contribution in [0, 0.1) is 10.1 Å². The molecule has 2 N–H and O–H groups in total. The van der Waals surface area contributed by atoms with E-state index in [0.29, 0.717) is 11.3 Å². The lowest BCUT2D eigenvalue weighted by Crippen LogP contribution is -2.40. The Labute approximate surface area is 229 Å². The Morgan fingerprint density at radius 2 is 1.87 bits per heavy atom. The largest absolute Gasteiger partial charge is 0.503 e. The molecule has 0 fully saturated rings. The second-order valence-electron chi connectivity index (χ2n) is 8.20. The van der Waals surface area contributed by atoms with E-state index in [-0.39, 0.29) is 49.3 Å². The van der Waals surface area contributed by atoms with Crippen LogP contribution >= 0.6 is 22.9 Å². The number of ether oxygens (including phenoxy) is 3. The van der Waals surface area contributed by atoms with Crippen molar-refractivity contribution >= 4 is 40.7 Å². The Kier molecular flexibility index (Phi) is 7.65. The minimum absolute atomic E-state index is 0.0287. The smallest absolute Gasteiger partial charge is 0.338 e. The molecule has 0 bridgehead atoms. The third-order valence-electron chi connectivity index (χ3n) is 5.89. The number of nitro benzene ring substituents is 1. The third kappa shape index (κ3) is 4.93. The molecule has 1 unspecified atom stereocenters. The van der Waals surface area contributed by atoms with Gasteiger partial charge in [-0.05, 0) is 49.2 Å². The van der Waals surface area contributed by atoms with E-state index in [0.717, 1.165) is 17.4 Å². The summed E-state index contributed by atoms with van der Waals surface area (Å²) in [4.78, 5) is 42.2. The van der Waals surface area contributed by atoms with E-state index in [4.69, 9.17) is 25.8 Å². The molecule has 0 radical (unpaired) electrons. The van der Waals surface area contributed by atoms with E-state index in [1.165, 1.54) is 43.1 Å². The molecule has 0 amide bonds. The molecule has 12 nitrogen and oxygen atoms in total. The summed E-state index contributed by atoms with van der Waals surface area (Å²) in [6.07, 6.45) is 1.39. The SMILES string of the molecule is CCOC(=O)C1=C(C)N=c2s/c(=C/c3cc(OC)c(O)c([N+](=O)[O-])c3)c(=O)n2C1c1cc(Cl)c(O)c(OC)c1. The number of phenolic OH excluding ortho intramolecular Hbond substituents is 2. The number of rotatable bonds is 7. The lowest BCUT2D eigenvalue weighted by Gasteiger charge is -2.25. The first-order valence-electron chi connectivity index (χ1n) is 11.3. The van der Waals surface area contributed by atoms with Crippen LogP contribution in [0.3, 0.4) is 0 Å². The molecule has 1 atom stereocenters. The predicted molar refractivity (Wildman–Crippen MR) is 141 cm³/mol. The maximum absolute atomic E-state index is 13.8. The molecule has 1 aliphatic heterocycles. The van der Waals surface area contributed by atoms with Crippen molar-refractivity contribution in [3.63, 3.8) is 0 Å². The summed E-state index contributed by atoms with van der Waals surface area (Å²) in [5, 5.41) is 31.7. The quantitative estimate of drug-likeness (QED) is 0.245. The van der Waals surface area contributed by atoms with Gasteiger partial charge >= 0.3 is 11.7 Å². The number of carbonyl (C=O) groups excluding carboxylic acids is 1. The summed E-state index contributed by atoms with van der Waals surface area (Å²) in [5.74, 6) is -1.76. The highest BCUT2D eigenvalue weighted by Gasteiger charge is 2.34. The van der Waals surface area contributed by atoms with Gasteiger partial charge in [-0.15, -0.1) is 0 Å². The van der Waals surface area contributed by atoms with E-state index in [9.17, 15) is 29.9 Å². The lowest BCUT2D eigenvalue weighted by molar-refractivity contribution is -0.386. The van der Waals surface area contributed by atoms with Gasteiger partial charge in [-0.2, -0.15) is 0 Å². The van der Waals surface area contributed by atoms with Gasteiger partial charge in [-0.3, -0.25) is 19.5 Å². The zero-order chi connectivity index (χ0) is 28.6. The molecule has 2 heterocycles. The fourth-order valence-corrected chi connectivity index (χ4v) is 5.42.